The summed E-state index contributed by atoms with van der Waals surface area (Å²) >= 11 is 0. The van der Waals surface area contributed by atoms with Gasteiger partial charge < -0.3 is 0 Å². The van der Waals surface area contributed by atoms with Crippen LogP contribution in [-0.2, 0) is 109 Å². The summed E-state index contributed by atoms with van der Waals surface area (Å²) in [5.41, 5.74) is 0. The van der Waals surface area contributed by atoms with Crippen molar-refractivity contribution in [3.05, 3.63) is 0 Å². The van der Waals surface area contributed by atoms with Crippen molar-refractivity contribution in [2.45, 2.75) is 0 Å². The molecule has 0 unspecified atom stereocenters. The van der Waals surface area contributed by atoms with Gasteiger partial charge in [0.15, 0.2) is 0 Å². The third-order valence-corrected chi connectivity index (χ3v) is 0. The summed E-state index contributed by atoms with van der Waals surface area (Å²) in [6.07, 6.45) is 0. The van der Waals surface area contributed by atoms with Crippen LogP contribution >= 0.6 is 0 Å². The molecule has 9 radical (unpaired) electrons. The zero-order valence-electron chi connectivity index (χ0n) is 4.17. The van der Waals surface area contributed by atoms with Gasteiger partial charge in [-0.05, 0) is 0 Å². The van der Waals surface area contributed by atoms with Crippen LogP contribution in [0.3, 0.4) is 0 Å². The van der Waals surface area contributed by atoms with E-state index in [0.29, 0.717) is 0 Å². The summed E-state index contributed by atoms with van der Waals surface area (Å²) in [5, 5.41) is 0. The van der Waals surface area contributed by atoms with Crippen molar-refractivity contribution < 1.29 is 109 Å². The zero-order chi connectivity index (χ0) is 0. The van der Waals surface area contributed by atoms with E-state index >= 15 is 0 Å². The smallest absolute Gasteiger partial charge is 0 e. The Hall–Kier alpha value is 6.34. The second-order valence-electron chi connectivity index (χ2n) is 0. The van der Waals surface area contributed by atoms with Crippen LogP contribution < -0.4 is 0 Å². The van der Waals surface area contributed by atoms with E-state index in [1.54, 1.807) is 0 Å². The van der Waals surface area contributed by atoms with E-state index in [9.17, 15) is 0 Å². The molecule has 7 heteroatoms. The van der Waals surface area contributed by atoms with Gasteiger partial charge in [-0.1, -0.05) is 0 Å². The molecule has 0 spiro atoms. The largest absolute Gasteiger partial charge is 0 e. The van der Waals surface area contributed by atoms with Crippen LogP contribution in [0.25, 0.3) is 0 Å². The molecule has 0 heterocycles. The Morgan fingerprint density at radius 2 is 0.286 bits per heavy atom. The molecule has 0 saturated heterocycles. The predicted molar refractivity (Wildman–Crippen MR) is 17.3 cm³/mol. The van der Waals surface area contributed by atoms with Crippen LogP contribution in [0, 0.1) is 0 Å². The minimum atomic E-state index is 0. The van der Waals surface area contributed by atoms with Crippen molar-refractivity contribution in [1.29, 1.82) is 0 Å². The van der Waals surface area contributed by atoms with Crippen molar-refractivity contribution >= 4 is 78.6 Å². The maximum absolute atomic E-state index is 0. The van der Waals surface area contributed by atoms with Gasteiger partial charge in [0, 0.05) is 188 Å². The van der Waals surface area contributed by atoms with Crippen molar-refractivity contribution in [2.24, 2.45) is 0 Å². The molecule has 0 aromatic rings. The molecular weight excluding hydrogens is 1080 g/mol. The molecule has 0 aromatic carbocycles. The Morgan fingerprint density at radius 3 is 0.286 bits per heavy atom. The first-order chi connectivity index (χ1) is 0. The number of rotatable bonds is 0. The Bertz CT molecular complexity index is 6.90. The van der Waals surface area contributed by atoms with E-state index < -0.39 is 0 Å². The summed E-state index contributed by atoms with van der Waals surface area (Å²) < 4.78 is 0. The molecule has 7 heavy (non-hydrogen) atoms. The fourth-order valence-corrected chi connectivity index (χ4v) is 0. The maximum atomic E-state index is 0. The quantitative estimate of drug-likeness (QED) is 0.270. The number of hydrogen-bond donors (Lipinski definition) is 0. The Morgan fingerprint density at radius 1 is 0.286 bits per heavy atom. The Kier molecular flexibility index (Phi) is 285. The van der Waals surface area contributed by atoms with Crippen LogP contribution in [0.4, 0.5) is 0 Å². The molecule has 0 N–H and O–H groups in total. The van der Waals surface area contributed by atoms with Gasteiger partial charge in [-0.25, -0.2) is 0 Å². The van der Waals surface area contributed by atoms with Crippen LogP contribution in [-0.4, -0.2) is 78.6 Å². The fourth-order valence-electron chi connectivity index (χ4n) is 0. The van der Waals surface area contributed by atoms with Crippen molar-refractivity contribution in [3.63, 3.8) is 0 Å². The maximum Gasteiger partial charge on any atom is 0 e. The third kappa shape index (κ3) is 32.8. The van der Waals surface area contributed by atoms with Crippen LogP contribution in [0.1, 0.15) is 0 Å². The zero-order valence-corrected chi connectivity index (χ0v) is 30.7. The number of hydrogen-bond acceptors (Lipinski definition) is 0. The molecule has 0 amide bonds. The minimum absolute atomic E-state index is 0. The van der Waals surface area contributed by atoms with Gasteiger partial charge in [-0.2, -0.15) is 0 Å². The molecule has 0 saturated carbocycles. The molecular formula is Bi3Cd4. The van der Waals surface area contributed by atoms with Gasteiger partial charge in [0.25, 0.3) is 0 Å². The van der Waals surface area contributed by atoms with Gasteiger partial charge in [0.05, 0.1) is 0 Å². The first kappa shape index (κ1) is 50.5. The van der Waals surface area contributed by atoms with Crippen molar-refractivity contribution in [3.8, 4) is 0 Å². The molecule has 0 bridgehead atoms. The van der Waals surface area contributed by atoms with E-state index in [1.165, 1.54) is 0 Å². The van der Waals surface area contributed by atoms with E-state index in [4.69, 9.17) is 0 Å². The second kappa shape index (κ2) is 39.5. The van der Waals surface area contributed by atoms with Gasteiger partial charge in [0.2, 0.25) is 0 Å². The topological polar surface area (TPSA) is 0 Å². The predicted octanol–water partition coefficient (Wildman–Crippen LogP) is -1.15. The summed E-state index contributed by atoms with van der Waals surface area (Å²) in [6, 6.07) is 0. The van der Waals surface area contributed by atoms with Crippen LogP contribution in [0.5, 0.6) is 0 Å². The van der Waals surface area contributed by atoms with E-state index in [2.05, 4.69) is 0 Å². The molecule has 0 aromatic heterocycles. The van der Waals surface area contributed by atoms with Crippen molar-refractivity contribution in [2.75, 3.05) is 0 Å². The fraction of sp³-hybridized carbons (Fsp3) is 0. The van der Waals surface area contributed by atoms with Crippen LogP contribution in [0.15, 0.2) is 0 Å². The summed E-state index contributed by atoms with van der Waals surface area (Å²) in [6.45, 7) is 0. The van der Waals surface area contributed by atoms with Gasteiger partial charge >= 0.3 is 0 Å². The molecule has 0 nitrogen and oxygen atoms in total. The minimum Gasteiger partial charge on any atom is 0 e. The second-order valence-corrected chi connectivity index (χ2v) is 0. The average Bonchev–Trinajstić information content (AvgIpc) is 0. The van der Waals surface area contributed by atoms with Gasteiger partial charge in [0.1, 0.15) is 0 Å². The van der Waals surface area contributed by atoms with Crippen LogP contribution in [0.2, 0.25) is 0 Å². The van der Waals surface area contributed by atoms with Gasteiger partial charge in [-0.15, -0.1) is 0 Å². The Balaban J connectivity index is 0. The van der Waals surface area contributed by atoms with E-state index in [1.807, 2.05) is 0 Å². The molecule has 0 aliphatic rings. The molecule has 0 atom stereocenters. The standard InChI is InChI=1S/3Bi.4Cd. The first-order valence-corrected chi connectivity index (χ1v) is 0. The van der Waals surface area contributed by atoms with E-state index in [0.717, 1.165) is 0 Å². The molecule has 23 valence electrons. The molecule has 0 rings (SSSR count). The normalized spacial score (nSPS) is 0. The third-order valence-electron chi connectivity index (χ3n) is 0. The van der Waals surface area contributed by atoms with E-state index in [-0.39, 0.29) is 188 Å². The molecule has 0 aliphatic carbocycles. The first-order valence-electron chi connectivity index (χ1n) is 0. The SMILES string of the molecule is [Bi].[Bi].[Bi].[Cd].[Cd].[Cd].[Cd]. The monoisotopic (exact) mass is 1080 g/mol. The summed E-state index contributed by atoms with van der Waals surface area (Å²) in [7, 11) is 0. The summed E-state index contributed by atoms with van der Waals surface area (Å²) in [4.78, 5) is 0. The Labute approximate surface area is 182 Å². The summed E-state index contributed by atoms with van der Waals surface area (Å²) in [5.74, 6) is 0. The molecule has 0 aliphatic heterocycles. The van der Waals surface area contributed by atoms with Crippen molar-refractivity contribution in [1.82, 2.24) is 0 Å². The van der Waals surface area contributed by atoms with Gasteiger partial charge in [-0.3, -0.25) is 0 Å². The molecule has 0 fully saturated rings. The average molecular weight is 1080 g/mol.